The first-order valence-electron chi connectivity index (χ1n) is 9.39. The Bertz CT molecular complexity index is 941. The first kappa shape index (κ1) is 19.8. The maximum absolute atomic E-state index is 13.2. The molecule has 2 aliphatic carbocycles. The summed E-state index contributed by atoms with van der Waals surface area (Å²) in [6.07, 6.45) is 5.69. The Balaban J connectivity index is 0.000000659. The van der Waals surface area contributed by atoms with Crippen LogP contribution in [0, 0.1) is 11.2 Å². The van der Waals surface area contributed by atoms with E-state index in [1.165, 1.54) is 42.5 Å². The van der Waals surface area contributed by atoms with Gasteiger partial charge in [0.25, 0.3) is 0 Å². The summed E-state index contributed by atoms with van der Waals surface area (Å²) in [5, 5.41) is 5.17. The van der Waals surface area contributed by atoms with E-state index in [0.29, 0.717) is 5.41 Å². The summed E-state index contributed by atoms with van der Waals surface area (Å²) in [6, 6.07) is 13.4. The lowest BCUT2D eigenvalue weighted by molar-refractivity contribution is 0.568. The van der Waals surface area contributed by atoms with Crippen molar-refractivity contribution in [3.8, 4) is 0 Å². The van der Waals surface area contributed by atoms with E-state index in [2.05, 4.69) is 13.8 Å². The molecule has 4 rings (SSSR count). The fourth-order valence-corrected chi connectivity index (χ4v) is 4.12. The van der Waals surface area contributed by atoms with Gasteiger partial charge in [-0.15, -0.1) is 0 Å². The molecule has 0 unspecified atom stereocenters. The third-order valence-corrected chi connectivity index (χ3v) is 6.08. The molecule has 0 aliphatic heterocycles. The minimum Gasteiger partial charge on any atom is -0.225 e. The molecule has 1 fully saturated rings. The first-order chi connectivity index (χ1) is 12.8. The van der Waals surface area contributed by atoms with Gasteiger partial charge in [-0.25, -0.2) is 17.9 Å². The predicted molar refractivity (Wildman–Crippen MR) is 108 cm³/mol. The highest BCUT2D eigenvalue weighted by Gasteiger charge is 2.48. The van der Waals surface area contributed by atoms with Crippen LogP contribution in [0.4, 0.5) is 4.39 Å². The maximum Gasteiger partial charge on any atom is 0.238 e. The quantitative estimate of drug-likeness (QED) is 0.769. The minimum absolute atomic E-state index is 0.120. The van der Waals surface area contributed by atoms with Crippen molar-refractivity contribution in [3.63, 3.8) is 0 Å². The van der Waals surface area contributed by atoms with Gasteiger partial charge in [-0.2, -0.15) is 0 Å². The second kappa shape index (κ2) is 7.56. The molecule has 0 radical (unpaired) electrons. The van der Waals surface area contributed by atoms with Gasteiger partial charge in [0, 0.05) is 0 Å². The molecule has 0 heterocycles. The maximum atomic E-state index is 13.2. The Morgan fingerprint density at radius 1 is 0.889 bits per heavy atom. The molecule has 1 spiro atoms. The van der Waals surface area contributed by atoms with Crippen LogP contribution in [0.5, 0.6) is 0 Å². The fraction of sp³-hybridized carbons (Fsp3) is 0.364. The molecule has 2 aliphatic rings. The molecule has 2 N–H and O–H groups in total. The molecule has 0 saturated heterocycles. The fourth-order valence-electron chi connectivity index (χ4n) is 3.61. The van der Waals surface area contributed by atoms with Crippen molar-refractivity contribution in [2.45, 2.75) is 50.8 Å². The number of primary sulfonamides is 1. The van der Waals surface area contributed by atoms with Crippen LogP contribution in [0.1, 0.15) is 57.1 Å². The van der Waals surface area contributed by atoms with E-state index < -0.39 is 10.0 Å². The van der Waals surface area contributed by atoms with Gasteiger partial charge in [0.2, 0.25) is 10.0 Å². The van der Waals surface area contributed by atoms with Crippen LogP contribution < -0.4 is 5.14 Å². The van der Waals surface area contributed by atoms with Crippen LogP contribution in [-0.2, 0) is 10.0 Å². The normalized spacial score (nSPS) is 17.6. The van der Waals surface area contributed by atoms with Gasteiger partial charge >= 0.3 is 0 Å². The van der Waals surface area contributed by atoms with E-state index in [4.69, 9.17) is 5.14 Å². The summed E-state index contributed by atoms with van der Waals surface area (Å²) in [5.41, 5.74) is 4.91. The minimum atomic E-state index is -3.68. The topological polar surface area (TPSA) is 60.2 Å². The zero-order valence-electron chi connectivity index (χ0n) is 15.8. The van der Waals surface area contributed by atoms with Gasteiger partial charge < -0.3 is 0 Å². The van der Waals surface area contributed by atoms with Crippen LogP contribution in [0.25, 0.3) is 11.1 Å². The van der Waals surface area contributed by atoms with Crippen molar-refractivity contribution >= 4 is 21.2 Å². The summed E-state index contributed by atoms with van der Waals surface area (Å²) in [4.78, 5) is 0.120. The van der Waals surface area contributed by atoms with E-state index in [9.17, 15) is 12.8 Å². The molecule has 0 atom stereocenters. The summed E-state index contributed by atoms with van der Waals surface area (Å²) in [7, 11) is -3.68. The number of sulfonamides is 1. The van der Waals surface area contributed by atoms with Crippen molar-refractivity contribution in [1.82, 2.24) is 0 Å². The Kier molecular flexibility index (Phi) is 5.54. The monoisotopic (exact) mass is 387 g/mol. The van der Waals surface area contributed by atoms with Gasteiger partial charge in [0.05, 0.1) is 4.90 Å². The molecule has 0 aromatic heterocycles. The number of nitrogens with two attached hydrogens (primary N) is 1. The SMILES string of the molecule is CCC.NS(=O)(=O)c1ccc(C2=C(c3ccc(F)cc3)CC3(CC3)C2)cc1. The van der Waals surface area contributed by atoms with Crippen LogP contribution in [0.15, 0.2) is 53.4 Å². The summed E-state index contributed by atoms with van der Waals surface area (Å²) in [6.45, 7) is 4.25. The number of benzene rings is 2. The van der Waals surface area contributed by atoms with E-state index in [1.807, 2.05) is 24.3 Å². The highest BCUT2D eigenvalue weighted by molar-refractivity contribution is 7.89. The van der Waals surface area contributed by atoms with Crippen molar-refractivity contribution < 1.29 is 12.8 Å². The van der Waals surface area contributed by atoms with E-state index in [0.717, 1.165) is 24.0 Å². The lowest BCUT2D eigenvalue weighted by atomic mass is 9.97. The molecule has 144 valence electrons. The van der Waals surface area contributed by atoms with Crippen LogP contribution in [0.3, 0.4) is 0 Å². The molecule has 1 saturated carbocycles. The Morgan fingerprint density at radius 3 is 1.67 bits per heavy atom. The van der Waals surface area contributed by atoms with E-state index >= 15 is 0 Å². The standard InChI is InChI=1S/C19H18FNO2S.C3H8/c20-15-5-1-13(2-6-15)17-11-19(9-10-19)12-18(17)14-3-7-16(8-4-14)24(21,22)23;1-3-2/h1-8H,9-12H2,(H2,21,22,23);3H2,1-2H3. The number of rotatable bonds is 3. The number of hydrogen-bond donors (Lipinski definition) is 1. The van der Waals surface area contributed by atoms with Crippen LogP contribution >= 0.6 is 0 Å². The van der Waals surface area contributed by atoms with Crippen molar-refractivity contribution in [2.75, 3.05) is 0 Å². The van der Waals surface area contributed by atoms with Gasteiger partial charge in [-0.1, -0.05) is 44.5 Å². The largest absolute Gasteiger partial charge is 0.238 e. The Morgan fingerprint density at radius 2 is 1.30 bits per heavy atom. The van der Waals surface area contributed by atoms with E-state index in [-0.39, 0.29) is 10.7 Å². The molecule has 0 amide bonds. The molecular weight excluding hydrogens is 361 g/mol. The molecule has 3 nitrogen and oxygen atoms in total. The van der Waals surface area contributed by atoms with Crippen molar-refractivity contribution in [1.29, 1.82) is 0 Å². The van der Waals surface area contributed by atoms with Gasteiger partial charge in [-0.3, -0.25) is 0 Å². The van der Waals surface area contributed by atoms with Crippen LogP contribution in [-0.4, -0.2) is 8.42 Å². The second-order valence-corrected chi connectivity index (χ2v) is 9.16. The average Bonchev–Trinajstić information content (AvgIpc) is 3.27. The third-order valence-electron chi connectivity index (χ3n) is 5.15. The van der Waals surface area contributed by atoms with Gasteiger partial charge in [0.1, 0.15) is 5.82 Å². The molecule has 0 bridgehead atoms. The lowest BCUT2D eigenvalue weighted by Crippen LogP contribution is -2.11. The number of allylic oxidation sites excluding steroid dienone is 2. The Hall–Kier alpha value is -1.98. The highest BCUT2D eigenvalue weighted by atomic mass is 32.2. The average molecular weight is 388 g/mol. The number of hydrogen-bond acceptors (Lipinski definition) is 2. The predicted octanol–water partition coefficient (Wildman–Crippen LogP) is 5.37. The molecule has 2 aromatic carbocycles. The molecule has 5 heteroatoms. The molecule has 2 aromatic rings. The van der Waals surface area contributed by atoms with Crippen molar-refractivity contribution in [2.24, 2.45) is 10.6 Å². The highest BCUT2D eigenvalue weighted by Crippen LogP contribution is 2.63. The summed E-state index contributed by atoms with van der Waals surface area (Å²) < 4.78 is 36.1. The molecular formula is C22H26FNO2S. The zero-order valence-corrected chi connectivity index (χ0v) is 16.7. The second-order valence-electron chi connectivity index (χ2n) is 7.59. The summed E-state index contributed by atoms with van der Waals surface area (Å²) in [5.74, 6) is -0.238. The van der Waals surface area contributed by atoms with Crippen LogP contribution in [0.2, 0.25) is 0 Å². The third kappa shape index (κ3) is 4.47. The van der Waals surface area contributed by atoms with Gasteiger partial charge in [0.15, 0.2) is 0 Å². The Labute approximate surface area is 161 Å². The molecule has 27 heavy (non-hydrogen) atoms. The zero-order chi connectivity index (χ0) is 19.7. The first-order valence-corrected chi connectivity index (χ1v) is 10.9. The smallest absolute Gasteiger partial charge is 0.225 e. The lowest BCUT2D eigenvalue weighted by Gasteiger charge is -2.09. The van der Waals surface area contributed by atoms with Gasteiger partial charge in [-0.05, 0) is 77.6 Å². The van der Waals surface area contributed by atoms with Crippen molar-refractivity contribution in [3.05, 3.63) is 65.5 Å². The summed E-state index contributed by atoms with van der Waals surface area (Å²) >= 11 is 0. The number of halogens is 1. The van der Waals surface area contributed by atoms with E-state index in [1.54, 1.807) is 12.1 Å².